The number of carbonyl (C=O) groups is 4. The van der Waals surface area contributed by atoms with E-state index in [1.807, 2.05) is 0 Å². The predicted octanol–water partition coefficient (Wildman–Crippen LogP) is 2.33. The molecule has 0 fully saturated rings. The van der Waals surface area contributed by atoms with Crippen LogP contribution in [0.2, 0.25) is 0 Å². The average molecular weight is 530 g/mol. The summed E-state index contributed by atoms with van der Waals surface area (Å²) in [7, 11) is 2.44. The number of esters is 2. The standard InChI is InChI=1S/C13H14N2O5.C11H12N2O5/c1-3-4-11(13(17)20-2)14-12(16)9-5-7-10(8-6-9)15(18)19;1-7(11(15)18-2)12-10(14)8-3-5-9(6-4-8)13(16)17/h3,5-8,11H,1,4H2,2H3,(H,14,16);3-7H,1-2H3,(H,12,14)/t11-;7-/m00/s1. The zero-order chi connectivity index (χ0) is 28.8. The second-order valence-corrected chi connectivity index (χ2v) is 7.40. The van der Waals surface area contributed by atoms with Gasteiger partial charge in [0, 0.05) is 35.4 Å². The Morgan fingerprint density at radius 3 is 1.55 bits per heavy atom. The number of nitrogens with zero attached hydrogens (tertiary/aromatic N) is 2. The van der Waals surface area contributed by atoms with E-state index >= 15 is 0 Å². The molecule has 202 valence electrons. The maximum atomic E-state index is 11.9. The van der Waals surface area contributed by atoms with Gasteiger partial charge in [-0.1, -0.05) is 6.08 Å². The molecular weight excluding hydrogens is 504 g/mol. The zero-order valence-electron chi connectivity index (χ0n) is 20.7. The van der Waals surface area contributed by atoms with Crippen molar-refractivity contribution < 1.29 is 38.5 Å². The molecule has 38 heavy (non-hydrogen) atoms. The summed E-state index contributed by atoms with van der Waals surface area (Å²) >= 11 is 0. The highest BCUT2D eigenvalue weighted by Crippen LogP contribution is 2.13. The molecule has 0 aliphatic carbocycles. The summed E-state index contributed by atoms with van der Waals surface area (Å²) in [6, 6.07) is 8.53. The van der Waals surface area contributed by atoms with E-state index in [9.17, 15) is 39.4 Å². The molecule has 0 saturated carbocycles. The van der Waals surface area contributed by atoms with Gasteiger partial charge in [0.25, 0.3) is 23.2 Å². The van der Waals surface area contributed by atoms with Crippen LogP contribution in [0.4, 0.5) is 11.4 Å². The average Bonchev–Trinajstić information content (AvgIpc) is 2.92. The SMILES string of the molecule is C=CC[C@H](NC(=O)c1ccc([N+](=O)[O-])cc1)C(=O)OC.COC(=O)[C@H](C)NC(=O)c1ccc([N+](=O)[O-])cc1. The van der Waals surface area contributed by atoms with Crippen molar-refractivity contribution in [1.29, 1.82) is 0 Å². The highest BCUT2D eigenvalue weighted by molar-refractivity contribution is 5.97. The van der Waals surface area contributed by atoms with Crippen LogP contribution in [0.3, 0.4) is 0 Å². The lowest BCUT2D eigenvalue weighted by atomic mass is 10.1. The summed E-state index contributed by atoms with van der Waals surface area (Å²) in [6.45, 7) is 4.98. The maximum absolute atomic E-state index is 11.9. The van der Waals surface area contributed by atoms with Crippen LogP contribution in [0.1, 0.15) is 34.1 Å². The minimum atomic E-state index is -0.833. The third-order valence-corrected chi connectivity index (χ3v) is 4.78. The number of carbonyl (C=O) groups excluding carboxylic acids is 4. The Hall–Kier alpha value is -5.14. The Labute approximate surface area is 216 Å². The van der Waals surface area contributed by atoms with Crippen LogP contribution < -0.4 is 10.6 Å². The van der Waals surface area contributed by atoms with Gasteiger partial charge in [-0.25, -0.2) is 9.59 Å². The lowest BCUT2D eigenvalue weighted by Gasteiger charge is -2.14. The number of ether oxygens (including phenoxy) is 2. The van der Waals surface area contributed by atoms with Crippen LogP contribution in [0.25, 0.3) is 0 Å². The minimum absolute atomic E-state index is 0.104. The summed E-state index contributed by atoms with van der Waals surface area (Å²) < 4.78 is 9.02. The third-order valence-electron chi connectivity index (χ3n) is 4.78. The van der Waals surface area contributed by atoms with Gasteiger partial charge in [-0.2, -0.15) is 0 Å². The van der Waals surface area contributed by atoms with Crippen molar-refractivity contribution >= 4 is 35.1 Å². The smallest absolute Gasteiger partial charge is 0.328 e. The number of nitro groups is 2. The molecule has 2 aromatic rings. The van der Waals surface area contributed by atoms with Gasteiger partial charge in [0.15, 0.2) is 0 Å². The lowest BCUT2D eigenvalue weighted by Crippen LogP contribution is -2.41. The van der Waals surface area contributed by atoms with Crippen LogP contribution in [0.15, 0.2) is 61.2 Å². The maximum Gasteiger partial charge on any atom is 0.328 e. The number of nitro benzene ring substituents is 2. The molecule has 0 heterocycles. The first-order valence-electron chi connectivity index (χ1n) is 10.8. The van der Waals surface area contributed by atoms with E-state index in [0.29, 0.717) is 0 Å². The molecule has 0 radical (unpaired) electrons. The van der Waals surface area contributed by atoms with E-state index < -0.39 is 45.7 Å². The highest BCUT2D eigenvalue weighted by Gasteiger charge is 2.21. The molecule has 0 aromatic heterocycles. The zero-order valence-corrected chi connectivity index (χ0v) is 20.7. The van der Waals surface area contributed by atoms with Crippen molar-refractivity contribution in [2.45, 2.75) is 25.4 Å². The van der Waals surface area contributed by atoms with Gasteiger partial charge < -0.3 is 20.1 Å². The first kappa shape index (κ1) is 30.9. The van der Waals surface area contributed by atoms with E-state index in [0.717, 1.165) is 0 Å². The number of hydrogen-bond donors (Lipinski definition) is 2. The number of methoxy groups -OCH3 is 2. The summed E-state index contributed by atoms with van der Waals surface area (Å²) in [5.41, 5.74) is 0.231. The summed E-state index contributed by atoms with van der Waals surface area (Å²) in [5.74, 6) is -2.16. The van der Waals surface area contributed by atoms with Gasteiger partial charge in [0.2, 0.25) is 0 Å². The molecule has 0 bridgehead atoms. The molecule has 2 amide bonds. The lowest BCUT2D eigenvalue weighted by molar-refractivity contribution is -0.385. The number of benzene rings is 2. The second-order valence-electron chi connectivity index (χ2n) is 7.40. The molecule has 2 N–H and O–H groups in total. The van der Waals surface area contributed by atoms with Crippen molar-refractivity contribution in [2.24, 2.45) is 0 Å². The quantitative estimate of drug-likeness (QED) is 0.199. The number of rotatable bonds is 10. The number of hydrogen-bond acceptors (Lipinski definition) is 10. The molecule has 0 unspecified atom stereocenters. The van der Waals surface area contributed by atoms with Crippen LogP contribution in [-0.4, -0.2) is 59.9 Å². The van der Waals surface area contributed by atoms with Crippen LogP contribution >= 0.6 is 0 Å². The molecule has 14 nitrogen and oxygen atoms in total. The highest BCUT2D eigenvalue weighted by atomic mass is 16.6. The van der Waals surface area contributed by atoms with Crippen LogP contribution in [-0.2, 0) is 19.1 Å². The van der Waals surface area contributed by atoms with Gasteiger partial charge in [-0.05, 0) is 37.6 Å². The number of nitrogens with one attached hydrogen (secondary N) is 2. The fraction of sp³-hybridized carbons (Fsp3) is 0.250. The molecule has 2 rings (SSSR count). The Bertz CT molecular complexity index is 1180. The predicted molar refractivity (Wildman–Crippen MR) is 133 cm³/mol. The second kappa shape index (κ2) is 15.1. The first-order valence-corrected chi connectivity index (χ1v) is 10.8. The van der Waals surface area contributed by atoms with Gasteiger partial charge in [-0.3, -0.25) is 29.8 Å². The first-order chi connectivity index (χ1) is 17.9. The number of non-ortho nitro benzene ring substituents is 2. The van der Waals surface area contributed by atoms with E-state index in [2.05, 4.69) is 26.7 Å². The molecule has 0 spiro atoms. The monoisotopic (exact) mass is 530 g/mol. The molecule has 2 atom stereocenters. The van der Waals surface area contributed by atoms with Gasteiger partial charge in [-0.15, -0.1) is 6.58 Å². The van der Waals surface area contributed by atoms with Crippen molar-refractivity contribution in [3.63, 3.8) is 0 Å². The van der Waals surface area contributed by atoms with Crippen LogP contribution in [0, 0.1) is 20.2 Å². The summed E-state index contributed by atoms with van der Waals surface area (Å²) in [6.07, 6.45) is 1.71. The Morgan fingerprint density at radius 2 is 1.21 bits per heavy atom. The third kappa shape index (κ3) is 9.49. The molecule has 0 aliphatic heterocycles. The molecular formula is C24H26N4O10. The van der Waals surface area contributed by atoms with E-state index in [4.69, 9.17) is 0 Å². The van der Waals surface area contributed by atoms with Gasteiger partial charge in [0.05, 0.1) is 24.1 Å². The largest absolute Gasteiger partial charge is 0.467 e. The van der Waals surface area contributed by atoms with Gasteiger partial charge >= 0.3 is 11.9 Å². The Balaban J connectivity index is 0.000000382. The van der Waals surface area contributed by atoms with E-state index in [1.165, 1.54) is 75.8 Å². The minimum Gasteiger partial charge on any atom is -0.467 e. The molecule has 0 aliphatic rings. The van der Waals surface area contributed by atoms with Crippen molar-refractivity contribution in [2.75, 3.05) is 14.2 Å². The van der Waals surface area contributed by atoms with E-state index in [-0.39, 0.29) is 28.9 Å². The molecule has 14 heteroatoms. The molecule has 0 saturated heterocycles. The Morgan fingerprint density at radius 1 is 0.816 bits per heavy atom. The van der Waals surface area contributed by atoms with Crippen molar-refractivity contribution in [3.05, 3.63) is 92.5 Å². The number of amides is 2. The summed E-state index contributed by atoms with van der Waals surface area (Å²) in [5, 5.41) is 25.8. The topological polar surface area (TPSA) is 197 Å². The van der Waals surface area contributed by atoms with E-state index in [1.54, 1.807) is 0 Å². The fourth-order valence-corrected chi connectivity index (χ4v) is 2.75. The Kier molecular flexibility index (Phi) is 12.3. The summed E-state index contributed by atoms with van der Waals surface area (Å²) in [4.78, 5) is 65.9. The fourth-order valence-electron chi connectivity index (χ4n) is 2.75. The van der Waals surface area contributed by atoms with Gasteiger partial charge in [0.1, 0.15) is 12.1 Å². The molecule has 2 aromatic carbocycles. The van der Waals surface area contributed by atoms with Crippen LogP contribution in [0.5, 0.6) is 0 Å². The normalized spacial score (nSPS) is 11.3. The van der Waals surface area contributed by atoms with Crippen molar-refractivity contribution in [3.8, 4) is 0 Å². The van der Waals surface area contributed by atoms with Crippen molar-refractivity contribution in [1.82, 2.24) is 10.6 Å².